The fourth-order valence-electron chi connectivity index (χ4n) is 5.96. The van der Waals surface area contributed by atoms with Gasteiger partial charge < -0.3 is 15.5 Å². The number of anilines is 1. The van der Waals surface area contributed by atoms with Crippen LogP contribution in [0.3, 0.4) is 0 Å². The zero-order valence-corrected chi connectivity index (χ0v) is 20.2. The molecule has 0 aromatic heterocycles. The van der Waals surface area contributed by atoms with Crippen LogP contribution in [-0.4, -0.2) is 78.7 Å². The second-order valence-electron chi connectivity index (χ2n) is 10.3. The van der Waals surface area contributed by atoms with Crippen molar-refractivity contribution in [3.05, 3.63) is 29.3 Å². The molecule has 3 N–H and O–H groups in total. The van der Waals surface area contributed by atoms with Crippen molar-refractivity contribution in [1.29, 1.82) is 0 Å². The van der Waals surface area contributed by atoms with Gasteiger partial charge in [-0.3, -0.25) is 29.4 Å². The lowest BCUT2D eigenvalue weighted by molar-refractivity contribution is -0.136. The van der Waals surface area contributed by atoms with Gasteiger partial charge in [0.25, 0.3) is 11.8 Å². The third-order valence-corrected chi connectivity index (χ3v) is 8.02. The molecule has 4 amide bonds. The molecule has 5 rings (SSSR count). The van der Waals surface area contributed by atoms with Crippen LogP contribution in [-0.2, 0) is 9.59 Å². The molecule has 35 heavy (non-hydrogen) atoms. The average Bonchev–Trinajstić information content (AvgIpc) is 3.11. The fraction of sp³-hybridized carbons (Fsp3) is 0.615. The molecular formula is C26H35N5O4. The highest BCUT2D eigenvalue weighted by atomic mass is 16.2. The maximum absolute atomic E-state index is 13.2. The maximum Gasteiger partial charge on any atom is 0.264 e. The van der Waals surface area contributed by atoms with Crippen molar-refractivity contribution in [2.75, 3.05) is 44.6 Å². The standard InChI is InChI=1S/C26H35N5O4/c32-22-5-4-21(24(33)29-22)31-25(34)19-2-1-3-20(23(19)26(31)35)28-13-8-17-9-14-30(15-10-17)16-18-6-11-27-12-7-18/h1-3,17-18,21,27-28H,4-16H2,(H,29,32,33). The molecule has 188 valence electrons. The van der Waals surface area contributed by atoms with Crippen molar-refractivity contribution in [2.45, 2.75) is 51.0 Å². The molecule has 0 saturated carbocycles. The second-order valence-corrected chi connectivity index (χ2v) is 10.3. The molecular weight excluding hydrogens is 446 g/mol. The van der Waals surface area contributed by atoms with E-state index >= 15 is 0 Å². The smallest absolute Gasteiger partial charge is 0.264 e. The predicted molar refractivity (Wildman–Crippen MR) is 131 cm³/mol. The van der Waals surface area contributed by atoms with E-state index in [9.17, 15) is 19.2 Å². The van der Waals surface area contributed by atoms with E-state index in [1.807, 2.05) is 6.07 Å². The van der Waals surface area contributed by atoms with Crippen molar-refractivity contribution in [3.8, 4) is 0 Å². The van der Waals surface area contributed by atoms with Gasteiger partial charge in [0.2, 0.25) is 11.8 Å². The maximum atomic E-state index is 13.2. The van der Waals surface area contributed by atoms with Crippen LogP contribution in [0.4, 0.5) is 5.69 Å². The summed E-state index contributed by atoms with van der Waals surface area (Å²) in [6.07, 6.45) is 6.26. The van der Waals surface area contributed by atoms with Gasteiger partial charge in [-0.1, -0.05) is 6.07 Å². The first-order chi connectivity index (χ1) is 17.0. The van der Waals surface area contributed by atoms with Gasteiger partial charge >= 0.3 is 0 Å². The van der Waals surface area contributed by atoms with E-state index in [2.05, 4.69) is 20.9 Å². The normalized spacial score (nSPS) is 24.6. The minimum atomic E-state index is -0.942. The number of hydrogen-bond acceptors (Lipinski definition) is 7. The van der Waals surface area contributed by atoms with Crippen molar-refractivity contribution in [1.82, 2.24) is 20.4 Å². The Labute approximate surface area is 206 Å². The predicted octanol–water partition coefficient (Wildman–Crippen LogP) is 1.60. The van der Waals surface area contributed by atoms with Gasteiger partial charge in [0.1, 0.15) is 6.04 Å². The summed E-state index contributed by atoms with van der Waals surface area (Å²) in [7, 11) is 0. The van der Waals surface area contributed by atoms with Gasteiger partial charge in [0, 0.05) is 25.2 Å². The first kappa shape index (κ1) is 23.9. The average molecular weight is 482 g/mol. The van der Waals surface area contributed by atoms with Crippen LogP contribution < -0.4 is 16.0 Å². The topological polar surface area (TPSA) is 111 Å². The van der Waals surface area contributed by atoms with E-state index in [0.29, 0.717) is 22.7 Å². The van der Waals surface area contributed by atoms with E-state index in [4.69, 9.17) is 0 Å². The Hall–Kier alpha value is -2.78. The van der Waals surface area contributed by atoms with E-state index in [0.717, 1.165) is 50.0 Å². The quantitative estimate of drug-likeness (QED) is 0.508. The summed E-state index contributed by atoms with van der Waals surface area (Å²) in [5.41, 5.74) is 1.29. The largest absolute Gasteiger partial charge is 0.384 e. The number of carbonyl (C=O) groups is 4. The van der Waals surface area contributed by atoms with Gasteiger partial charge in [-0.05, 0) is 88.7 Å². The highest BCUT2D eigenvalue weighted by Crippen LogP contribution is 2.32. The molecule has 0 aliphatic carbocycles. The number of piperidine rings is 3. The molecule has 9 nitrogen and oxygen atoms in total. The third kappa shape index (κ3) is 5.11. The Balaban J connectivity index is 1.14. The van der Waals surface area contributed by atoms with Crippen LogP contribution in [0, 0.1) is 11.8 Å². The van der Waals surface area contributed by atoms with Crippen molar-refractivity contribution < 1.29 is 19.2 Å². The van der Waals surface area contributed by atoms with Crippen molar-refractivity contribution in [3.63, 3.8) is 0 Å². The van der Waals surface area contributed by atoms with Crippen LogP contribution in [0.5, 0.6) is 0 Å². The third-order valence-electron chi connectivity index (χ3n) is 8.02. The number of benzene rings is 1. The molecule has 0 bridgehead atoms. The summed E-state index contributed by atoms with van der Waals surface area (Å²) in [5.74, 6) is -0.410. The van der Waals surface area contributed by atoms with Crippen molar-refractivity contribution in [2.24, 2.45) is 11.8 Å². The molecule has 3 fully saturated rings. The number of amides is 4. The zero-order valence-electron chi connectivity index (χ0n) is 20.2. The molecule has 4 aliphatic heterocycles. The van der Waals surface area contributed by atoms with Gasteiger partial charge in [0.15, 0.2) is 0 Å². The highest BCUT2D eigenvalue weighted by Gasteiger charge is 2.45. The number of carbonyl (C=O) groups excluding carboxylic acids is 4. The summed E-state index contributed by atoms with van der Waals surface area (Å²) >= 11 is 0. The molecule has 4 heterocycles. The van der Waals surface area contributed by atoms with Crippen LogP contribution in [0.25, 0.3) is 0 Å². The minimum absolute atomic E-state index is 0.117. The first-order valence-corrected chi connectivity index (χ1v) is 13.0. The number of nitrogens with zero attached hydrogens (tertiary/aromatic N) is 2. The lowest BCUT2D eigenvalue weighted by Gasteiger charge is -2.35. The number of fused-ring (bicyclic) bond motifs is 1. The summed E-state index contributed by atoms with van der Waals surface area (Å²) in [6, 6.07) is 4.27. The molecule has 1 aromatic rings. The van der Waals surface area contributed by atoms with Gasteiger partial charge in [-0.2, -0.15) is 0 Å². The molecule has 0 radical (unpaired) electrons. The molecule has 3 saturated heterocycles. The first-order valence-electron chi connectivity index (χ1n) is 13.0. The van der Waals surface area contributed by atoms with Crippen molar-refractivity contribution >= 4 is 29.3 Å². The van der Waals surface area contributed by atoms with Crippen LogP contribution >= 0.6 is 0 Å². The highest BCUT2D eigenvalue weighted by molar-refractivity contribution is 6.25. The Morgan fingerprint density at radius 1 is 0.914 bits per heavy atom. The summed E-state index contributed by atoms with van der Waals surface area (Å²) in [6.45, 7) is 6.56. The Bertz CT molecular complexity index is 997. The number of imide groups is 2. The van der Waals surface area contributed by atoms with E-state index in [-0.39, 0.29) is 18.7 Å². The summed E-state index contributed by atoms with van der Waals surface area (Å²) in [5, 5.41) is 9.07. The SMILES string of the molecule is O=C1CCC(N2C(=O)c3cccc(NCCC4CCN(CC5CCNCC5)CC4)c3C2=O)C(=O)N1. The van der Waals surface area contributed by atoms with Crippen LogP contribution in [0.2, 0.25) is 0 Å². The van der Waals surface area contributed by atoms with Gasteiger partial charge in [0.05, 0.1) is 11.1 Å². The van der Waals surface area contributed by atoms with Crippen LogP contribution in [0.1, 0.15) is 65.7 Å². The van der Waals surface area contributed by atoms with E-state index in [1.165, 1.54) is 32.2 Å². The molecule has 9 heteroatoms. The second kappa shape index (κ2) is 10.5. The fourth-order valence-corrected chi connectivity index (χ4v) is 5.96. The molecule has 1 unspecified atom stereocenters. The van der Waals surface area contributed by atoms with Gasteiger partial charge in [-0.25, -0.2) is 0 Å². The molecule has 0 spiro atoms. The van der Waals surface area contributed by atoms with Gasteiger partial charge in [-0.15, -0.1) is 0 Å². The number of nitrogens with one attached hydrogen (secondary N) is 3. The monoisotopic (exact) mass is 481 g/mol. The number of rotatable bonds is 7. The lowest BCUT2D eigenvalue weighted by atomic mass is 9.91. The summed E-state index contributed by atoms with van der Waals surface area (Å²) in [4.78, 5) is 53.6. The van der Waals surface area contributed by atoms with E-state index in [1.54, 1.807) is 12.1 Å². The number of likely N-dealkylation sites (tertiary alicyclic amines) is 1. The Kier molecular flexibility index (Phi) is 7.15. The Morgan fingerprint density at radius 2 is 1.69 bits per heavy atom. The minimum Gasteiger partial charge on any atom is -0.384 e. The Morgan fingerprint density at radius 3 is 2.43 bits per heavy atom. The zero-order chi connectivity index (χ0) is 24.4. The summed E-state index contributed by atoms with van der Waals surface area (Å²) < 4.78 is 0. The lowest BCUT2D eigenvalue weighted by Crippen LogP contribution is -2.54. The number of hydrogen-bond donors (Lipinski definition) is 3. The van der Waals surface area contributed by atoms with E-state index < -0.39 is 23.8 Å². The molecule has 1 aromatic carbocycles. The molecule has 4 aliphatic rings. The van der Waals surface area contributed by atoms with Crippen LogP contribution in [0.15, 0.2) is 18.2 Å². The molecule has 1 atom stereocenters.